The first kappa shape index (κ1) is 43.0. The highest BCUT2D eigenvalue weighted by atomic mass is 16.5. The molecular formula is C48H59N9O7. The van der Waals surface area contributed by atoms with E-state index in [0.717, 1.165) is 94.8 Å². The first-order valence-corrected chi connectivity index (χ1v) is 22.8. The molecule has 4 aliphatic rings. The Morgan fingerprint density at radius 3 is 1.77 bits per heavy atom. The van der Waals surface area contributed by atoms with Crippen molar-refractivity contribution < 1.29 is 33.4 Å². The molecule has 4 N–H and O–H groups in total. The van der Waals surface area contributed by atoms with Crippen LogP contribution in [0, 0.1) is 17.8 Å². The fourth-order valence-corrected chi connectivity index (χ4v) is 10.3. The van der Waals surface area contributed by atoms with E-state index >= 15 is 0 Å². The number of likely N-dealkylation sites (tertiary alicyclic amines) is 2. The van der Waals surface area contributed by atoms with E-state index in [2.05, 4.69) is 67.6 Å². The number of nitrogens with one attached hydrogen (secondary N) is 4. The molecule has 0 spiro atoms. The van der Waals surface area contributed by atoms with Gasteiger partial charge in [0.2, 0.25) is 11.8 Å². The Kier molecular flexibility index (Phi) is 11.9. The van der Waals surface area contributed by atoms with Gasteiger partial charge in [-0.3, -0.25) is 9.59 Å². The fourth-order valence-electron chi connectivity index (χ4n) is 10.3. The number of H-pyrrole nitrogens is 2. The van der Waals surface area contributed by atoms with Crippen LogP contribution >= 0.6 is 0 Å². The van der Waals surface area contributed by atoms with Crippen molar-refractivity contribution in [3.63, 3.8) is 0 Å². The minimum absolute atomic E-state index is 0.117. The minimum Gasteiger partial charge on any atom is -0.469 e. The summed E-state index contributed by atoms with van der Waals surface area (Å²) in [6.07, 6.45) is 10.0. The van der Waals surface area contributed by atoms with Gasteiger partial charge < -0.3 is 49.2 Å². The van der Waals surface area contributed by atoms with E-state index < -0.39 is 24.3 Å². The number of rotatable bonds is 11. The molecule has 6 heterocycles. The number of imidazole rings is 2. The lowest BCUT2D eigenvalue weighted by Gasteiger charge is -2.34. The van der Waals surface area contributed by atoms with Gasteiger partial charge in [0.25, 0.3) is 0 Å². The van der Waals surface area contributed by atoms with Crippen molar-refractivity contribution >= 4 is 34.9 Å². The number of carbonyl (C=O) groups excluding carboxylic acids is 4. The Hall–Kier alpha value is -6.32. The summed E-state index contributed by atoms with van der Waals surface area (Å²) in [4.78, 5) is 72.0. The molecule has 1 saturated carbocycles. The van der Waals surface area contributed by atoms with Crippen LogP contribution in [0.1, 0.15) is 109 Å². The lowest BCUT2D eigenvalue weighted by atomic mass is 10.0. The molecule has 4 amide bonds. The number of methoxy groups -OCH3 is 2. The topological polar surface area (TPSA) is 189 Å². The second kappa shape index (κ2) is 17.7. The van der Waals surface area contributed by atoms with E-state index in [0.29, 0.717) is 24.8 Å². The quantitative estimate of drug-likeness (QED) is 0.101. The summed E-state index contributed by atoms with van der Waals surface area (Å²) >= 11 is 0. The van der Waals surface area contributed by atoms with Crippen molar-refractivity contribution in [2.24, 2.45) is 17.8 Å². The molecule has 2 saturated heterocycles. The molecule has 1 unspecified atom stereocenters. The Bertz CT molecular complexity index is 2550. The fraction of sp³-hybridized carbons (Fsp3) is 0.500. The van der Waals surface area contributed by atoms with Crippen molar-refractivity contribution in [2.75, 3.05) is 27.3 Å². The second-order valence-electron chi connectivity index (χ2n) is 18.4. The second-order valence-corrected chi connectivity index (χ2v) is 18.4. The average molecular weight is 874 g/mol. The van der Waals surface area contributed by atoms with Crippen LogP contribution < -0.4 is 15.4 Å². The monoisotopic (exact) mass is 873 g/mol. The van der Waals surface area contributed by atoms with Gasteiger partial charge in [0.1, 0.15) is 29.5 Å². The molecule has 3 aliphatic heterocycles. The lowest BCUT2D eigenvalue weighted by Crippen LogP contribution is -2.51. The van der Waals surface area contributed by atoms with Gasteiger partial charge in [-0.2, -0.15) is 0 Å². The lowest BCUT2D eigenvalue weighted by molar-refractivity contribution is -0.136. The van der Waals surface area contributed by atoms with E-state index in [1.807, 2.05) is 49.9 Å². The third-order valence-electron chi connectivity index (χ3n) is 13.7. The van der Waals surface area contributed by atoms with Crippen LogP contribution in [0.15, 0.2) is 54.9 Å². The number of ether oxygens (including phenoxy) is 3. The molecule has 16 heteroatoms. The Labute approximate surface area is 372 Å². The Morgan fingerprint density at radius 2 is 1.23 bits per heavy atom. The summed E-state index contributed by atoms with van der Waals surface area (Å²) < 4.78 is 19.0. The van der Waals surface area contributed by atoms with E-state index in [1.165, 1.54) is 27.1 Å². The number of alkyl carbamates (subject to hydrolysis) is 2. The molecule has 5 aromatic rings. The number of carbonyl (C=O) groups is 4. The summed E-state index contributed by atoms with van der Waals surface area (Å²) in [5.74, 6) is 2.11. The molecule has 1 aliphatic carbocycles. The number of hydrogen-bond donors (Lipinski definition) is 4. The van der Waals surface area contributed by atoms with Crippen molar-refractivity contribution in [1.82, 2.24) is 44.9 Å². The van der Waals surface area contributed by atoms with Gasteiger partial charge >= 0.3 is 12.2 Å². The zero-order chi connectivity index (χ0) is 44.8. The molecule has 0 bridgehead atoms. The normalized spacial score (nSPS) is 20.6. The molecule has 5 atom stereocenters. The number of amides is 4. The number of benzene rings is 2. The van der Waals surface area contributed by atoms with E-state index in [1.54, 1.807) is 0 Å². The predicted molar refractivity (Wildman–Crippen MR) is 240 cm³/mol. The molecular weight excluding hydrogens is 815 g/mol. The first-order valence-electron chi connectivity index (χ1n) is 22.8. The summed E-state index contributed by atoms with van der Waals surface area (Å²) in [6, 6.07) is 13.2. The third kappa shape index (κ3) is 7.95. The van der Waals surface area contributed by atoms with Crippen LogP contribution in [-0.4, -0.2) is 97.7 Å². The van der Waals surface area contributed by atoms with Gasteiger partial charge in [0.15, 0.2) is 6.23 Å². The Morgan fingerprint density at radius 1 is 0.703 bits per heavy atom. The average Bonchev–Trinajstić information content (AvgIpc) is 4.15. The SMILES string of the molecule is COC(=O)N[C@H](C(=O)N1CCC[C@H]1c1ncc(-c2ccc3c(c2)OC(C2CCCC2)n2c-3cc3cc(-c4cnc([C@@H]5CCCN5C(=O)[C@@H](NC(=O)OC)C(C)C)[nH]4)ccc32)[nH]1)C(C)C. The molecule has 338 valence electrons. The number of hydrogen-bond acceptors (Lipinski definition) is 9. The zero-order valence-electron chi connectivity index (χ0n) is 37.5. The zero-order valence-corrected chi connectivity index (χ0v) is 37.5. The highest BCUT2D eigenvalue weighted by Crippen LogP contribution is 2.49. The molecule has 2 aromatic carbocycles. The largest absolute Gasteiger partial charge is 0.469 e. The van der Waals surface area contributed by atoms with Crippen LogP contribution in [0.4, 0.5) is 9.59 Å². The maximum Gasteiger partial charge on any atom is 0.407 e. The van der Waals surface area contributed by atoms with E-state index in [4.69, 9.17) is 24.2 Å². The summed E-state index contributed by atoms with van der Waals surface area (Å²) in [5, 5.41) is 6.54. The number of fused-ring (bicyclic) bond motifs is 5. The van der Waals surface area contributed by atoms with Crippen molar-refractivity contribution in [3.05, 3.63) is 66.5 Å². The van der Waals surface area contributed by atoms with Crippen LogP contribution in [0.3, 0.4) is 0 Å². The van der Waals surface area contributed by atoms with Gasteiger partial charge in [-0.05, 0) is 80.7 Å². The molecule has 3 aromatic heterocycles. The minimum atomic E-state index is -0.705. The number of aromatic amines is 2. The van der Waals surface area contributed by atoms with Crippen LogP contribution in [-0.2, 0) is 19.1 Å². The maximum atomic E-state index is 13.8. The van der Waals surface area contributed by atoms with Crippen LogP contribution in [0.2, 0.25) is 0 Å². The van der Waals surface area contributed by atoms with Gasteiger partial charge in [0.05, 0.1) is 61.3 Å². The summed E-state index contributed by atoms with van der Waals surface area (Å²) in [7, 11) is 2.59. The molecule has 3 fully saturated rings. The predicted octanol–water partition coefficient (Wildman–Crippen LogP) is 8.26. The first-order chi connectivity index (χ1) is 30.9. The molecule has 9 rings (SSSR count). The van der Waals surface area contributed by atoms with E-state index in [9.17, 15) is 19.2 Å². The van der Waals surface area contributed by atoms with Gasteiger partial charge in [-0.1, -0.05) is 52.7 Å². The van der Waals surface area contributed by atoms with Gasteiger partial charge in [0, 0.05) is 41.1 Å². The summed E-state index contributed by atoms with van der Waals surface area (Å²) in [5.41, 5.74) is 6.85. The van der Waals surface area contributed by atoms with Gasteiger partial charge in [-0.25, -0.2) is 19.6 Å². The standard InChI is InChI=1S/C48H59N9O7/c1-26(2)40(53-47(60)62-5)44(58)55-19-9-13-36(55)42-49-24-33(51-42)29-16-18-35-31(21-29)22-38-32-17-15-30(23-39(32)64-46(57(35)38)28-11-7-8-12-28)34-25-50-43(52-34)37-14-10-20-56(37)45(59)41(27(3)4)54-48(61)63-6/h15-18,21-28,36-37,40-41,46H,7-14,19-20H2,1-6H3,(H,49,51)(H,50,52)(H,53,60)(H,54,61)/t36-,37-,40-,41-,46?/m0/s1. The summed E-state index contributed by atoms with van der Waals surface area (Å²) in [6.45, 7) is 8.81. The van der Waals surface area contributed by atoms with Crippen LogP contribution in [0.25, 0.3) is 44.7 Å². The van der Waals surface area contributed by atoms with E-state index in [-0.39, 0.29) is 42.0 Å². The van der Waals surface area contributed by atoms with Gasteiger partial charge in [-0.15, -0.1) is 0 Å². The Balaban J connectivity index is 0.984. The number of aromatic nitrogens is 5. The third-order valence-corrected chi connectivity index (χ3v) is 13.7. The molecule has 0 radical (unpaired) electrons. The highest BCUT2D eigenvalue weighted by Gasteiger charge is 2.40. The number of nitrogens with zero attached hydrogens (tertiary/aromatic N) is 5. The van der Waals surface area contributed by atoms with Crippen molar-refractivity contribution in [3.8, 4) is 39.5 Å². The van der Waals surface area contributed by atoms with Crippen molar-refractivity contribution in [1.29, 1.82) is 0 Å². The highest BCUT2D eigenvalue weighted by molar-refractivity contribution is 5.92. The smallest absolute Gasteiger partial charge is 0.407 e. The molecule has 16 nitrogen and oxygen atoms in total. The maximum absolute atomic E-state index is 13.8. The van der Waals surface area contributed by atoms with Crippen molar-refractivity contribution in [2.45, 2.75) is 109 Å². The molecule has 64 heavy (non-hydrogen) atoms. The van der Waals surface area contributed by atoms with Crippen LogP contribution in [0.5, 0.6) is 5.75 Å².